The Morgan fingerprint density at radius 2 is 1.96 bits per heavy atom. The molecule has 4 nitrogen and oxygen atoms in total. The number of pyridine rings is 1. The summed E-state index contributed by atoms with van der Waals surface area (Å²) in [6, 6.07) is 2.88. The van der Waals surface area contributed by atoms with Crippen molar-refractivity contribution in [2.24, 2.45) is 5.41 Å². The maximum Gasteiger partial charge on any atom is 0.265 e. The first-order valence-corrected chi connectivity index (χ1v) is 8.07. The largest absolute Gasteiger partial charge is 0.356 e. The molecular formula is C17H24F3N3O. The molecule has 1 fully saturated rings. The SMILES string of the molecule is CC(C)(C)C(=O)NCC1(F)CCN(c2ccc(C(F)F)cn2)CC1. The van der Waals surface area contributed by atoms with Gasteiger partial charge in [-0.25, -0.2) is 18.2 Å². The number of hydrogen-bond acceptors (Lipinski definition) is 3. The highest BCUT2D eigenvalue weighted by Gasteiger charge is 2.36. The number of carbonyl (C=O) groups excluding carboxylic acids is 1. The predicted molar refractivity (Wildman–Crippen MR) is 86.9 cm³/mol. The number of piperidine rings is 1. The third kappa shape index (κ3) is 4.61. The molecule has 1 aromatic rings. The number of hydrogen-bond donors (Lipinski definition) is 1. The fraction of sp³-hybridized carbons (Fsp3) is 0.647. The highest BCUT2D eigenvalue weighted by molar-refractivity contribution is 5.81. The normalized spacial score (nSPS) is 17.9. The first-order chi connectivity index (χ1) is 11.1. The lowest BCUT2D eigenvalue weighted by Crippen LogP contribution is -2.50. The number of nitrogens with one attached hydrogen (secondary N) is 1. The molecule has 0 spiro atoms. The molecule has 0 radical (unpaired) electrons. The molecule has 1 aliphatic heterocycles. The van der Waals surface area contributed by atoms with Crippen molar-refractivity contribution in [2.45, 2.75) is 45.7 Å². The van der Waals surface area contributed by atoms with Gasteiger partial charge < -0.3 is 10.2 Å². The van der Waals surface area contributed by atoms with Crippen LogP contribution < -0.4 is 10.2 Å². The van der Waals surface area contributed by atoms with E-state index < -0.39 is 17.5 Å². The van der Waals surface area contributed by atoms with Gasteiger partial charge >= 0.3 is 0 Å². The van der Waals surface area contributed by atoms with Crippen molar-refractivity contribution >= 4 is 11.7 Å². The number of anilines is 1. The molecule has 1 saturated heterocycles. The average Bonchev–Trinajstić information content (AvgIpc) is 2.52. The van der Waals surface area contributed by atoms with Gasteiger partial charge in [-0.1, -0.05) is 20.8 Å². The van der Waals surface area contributed by atoms with E-state index in [0.29, 0.717) is 18.9 Å². The summed E-state index contributed by atoms with van der Waals surface area (Å²) < 4.78 is 39.9. The van der Waals surface area contributed by atoms with E-state index in [2.05, 4.69) is 10.3 Å². The van der Waals surface area contributed by atoms with Crippen LogP contribution in [0.25, 0.3) is 0 Å². The van der Waals surface area contributed by atoms with E-state index in [-0.39, 0.29) is 30.9 Å². The van der Waals surface area contributed by atoms with Crippen LogP contribution in [0.1, 0.15) is 45.6 Å². The van der Waals surface area contributed by atoms with Gasteiger partial charge in [0.15, 0.2) is 0 Å². The molecule has 7 heteroatoms. The van der Waals surface area contributed by atoms with Crippen LogP contribution >= 0.6 is 0 Å². The third-order valence-electron chi connectivity index (χ3n) is 4.25. The zero-order valence-corrected chi connectivity index (χ0v) is 14.3. The molecule has 1 N–H and O–H groups in total. The lowest BCUT2D eigenvalue weighted by atomic mass is 9.91. The number of alkyl halides is 3. The molecule has 0 saturated carbocycles. The van der Waals surface area contributed by atoms with E-state index in [1.165, 1.54) is 12.1 Å². The zero-order valence-electron chi connectivity index (χ0n) is 14.3. The van der Waals surface area contributed by atoms with Gasteiger partial charge in [0.25, 0.3) is 6.43 Å². The number of amides is 1. The Labute approximate surface area is 140 Å². The smallest absolute Gasteiger partial charge is 0.265 e. The van der Waals surface area contributed by atoms with E-state index in [4.69, 9.17) is 0 Å². The number of nitrogens with zero attached hydrogens (tertiary/aromatic N) is 2. The van der Waals surface area contributed by atoms with Crippen molar-refractivity contribution in [1.29, 1.82) is 0 Å². The second-order valence-electron chi connectivity index (χ2n) is 7.32. The first-order valence-electron chi connectivity index (χ1n) is 8.07. The maximum absolute atomic E-state index is 14.8. The fourth-order valence-electron chi connectivity index (χ4n) is 2.53. The highest BCUT2D eigenvalue weighted by Crippen LogP contribution is 2.29. The molecule has 0 aliphatic carbocycles. The summed E-state index contributed by atoms with van der Waals surface area (Å²) in [5.74, 6) is 0.395. The van der Waals surface area contributed by atoms with Crippen molar-refractivity contribution in [3.05, 3.63) is 23.9 Å². The second-order valence-corrected chi connectivity index (χ2v) is 7.32. The van der Waals surface area contributed by atoms with E-state index in [9.17, 15) is 18.0 Å². The van der Waals surface area contributed by atoms with Gasteiger partial charge in [0.1, 0.15) is 11.5 Å². The standard InChI is InChI=1S/C17H24F3N3O/c1-16(2,3)15(24)22-11-17(20)6-8-23(9-7-17)13-5-4-12(10-21-13)14(18)19/h4-5,10,14H,6-9,11H2,1-3H3,(H,22,24). The van der Waals surface area contributed by atoms with Crippen LogP contribution in [-0.2, 0) is 4.79 Å². The highest BCUT2D eigenvalue weighted by atomic mass is 19.3. The van der Waals surface area contributed by atoms with E-state index in [0.717, 1.165) is 6.20 Å². The number of halogens is 3. The quantitative estimate of drug-likeness (QED) is 0.910. The van der Waals surface area contributed by atoms with Gasteiger partial charge in [-0.15, -0.1) is 0 Å². The lowest BCUT2D eigenvalue weighted by Gasteiger charge is -2.37. The second kappa shape index (κ2) is 6.99. The summed E-state index contributed by atoms with van der Waals surface area (Å²) in [6.45, 7) is 6.21. The maximum atomic E-state index is 14.8. The molecule has 1 amide bonds. The number of aromatic nitrogens is 1. The number of carbonyl (C=O) groups is 1. The van der Waals surface area contributed by atoms with Gasteiger partial charge in [-0.3, -0.25) is 4.79 Å². The van der Waals surface area contributed by atoms with E-state index >= 15 is 0 Å². The predicted octanol–water partition coefficient (Wildman–Crippen LogP) is 3.49. The van der Waals surface area contributed by atoms with Crippen LogP contribution in [0.2, 0.25) is 0 Å². The molecule has 0 aromatic carbocycles. The Morgan fingerprint density at radius 1 is 1.33 bits per heavy atom. The summed E-state index contributed by atoms with van der Waals surface area (Å²) in [5, 5.41) is 2.68. The van der Waals surface area contributed by atoms with E-state index in [1.54, 1.807) is 20.8 Å². The number of rotatable bonds is 4. The van der Waals surface area contributed by atoms with Crippen molar-refractivity contribution in [1.82, 2.24) is 10.3 Å². The van der Waals surface area contributed by atoms with Crippen molar-refractivity contribution in [3.8, 4) is 0 Å². The summed E-state index contributed by atoms with van der Waals surface area (Å²) >= 11 is 0. The van der Waals surface area contributed by atoms with Crippen LogP contribution in [-0.4, -0.2) is 36.2 Å². The van der Waals surface area contributed by atoms with E-state index in [1.807, 2.05) is 4.90 Å². The summed E-state index contributed by atoms with van der Waals surface area (Å²) in [5.41, 5.74) is -2.12. The van der Waals surface area contributed by atoms with Crippen LogP contribution in [0.4, 0.5) is 19.0 Å². The molecule has 2 heterocycles. The minimum atomic E-state index is -2.54. The zero-order chi connectivity index (χ0) is 18.0. The van der Waals surface area contributed by atoms with Crippen LogP contribution in [0.3, 0.4) is 0 Å². The monoisotopic (exact) mass is 343 g/mol. The van der Waals surface area contributed by atoms with Gasteiger partial charge in [-0.05, 0) is 12.1 Å². The first kappa shape index (κ1) is 18.5. The fourth-order valence-corrected chi connectivity index (χ4v) is 2.53. The van der Waals surface area contributed by atoms with Gasteiger partial charge in [0.05, 0.1) is 6.54 Å². The Hall–Kier alpha value is -1.79. The van der Waals surface area contributed by atoms with Gasteiger partial charge in [0.2, 0.25) is 5.91 Å². The minimum Gasteiger partial charge on any atom is -0.356 e. The van der Waals surface area contributed by atoms with Crippen LogP contribution in [0.5, 0.6) is 0 Å². The summed E-state index contributed by atoms with van der Waals surface area (Å²) in [7, 11) is 0. The topological polar surface area (TPSA) is 45.2 Å². The minimum absolute atomic E-state index is 0.00527. The van der Waals surface area contributed by atoms with Crippen molar-refractivity contribution < 1.29 is 18.0 Å². The molecule has 0 atom stereocenters. The molecular weight excluding hydrogens is 319 g/mol. The Kier molecular flexibility index (Phi) is 5.40. The third-order valence-corrected chi connectivity index (χ3v) is 4.25. The van der Waals surface area contributed by atoms with Gasteiger partial charge in [-0.2, -0.15) is 0 Å². The molecule has 0 unspecified atom stereocenters. The Balaban J connectivity index is 1.89. The Bertz CT molecular complexity index is 561. The average molecular weight is 343 g/mol. The summed E-state index contributed by atoms with van der Waals surface area (Å²) in [4.78, 5) is 17.8. The van der Waals surface area contributed by atoms with Crippen LogP contribution in [0, 0.1) is 5.41 Å². The molecule has 2 rings (SSSR count). The Morgan fingerprint density at radius 3 is 2.42 bits per heavy atom. The van der Waals surface area contributed by atoms with Crippen molar-refractivity contribution in [2.75, 3.05) is 24.5 Å². The molecule has 1 aromatic heterocycles. The molecule has 134 valence electrons. The summed E-state index contributed by atoms with van der Waals surface area (Å²) in [6.07, 6.45) is -0.871. The molecule has 24 heavy (non-hydrogen) atoms. The lowest BCUT2D eigenvalue weighted by molar-refractivity contribution is -0.129. The van der Waals surface area contributed by atoms with Crippen molar-refractivity contribution in [3.63, 3.8) is 0 Å². The molecule has 1 aliphatic rings. The molecule has 0 bridgehead atoms. The van der Waals surface area contributed by atoms with Crippen LogP contribution in [0.15, 0.2) is 18.3 Å². The van der Waals surface area contributed by atoms with Gasteiger partial charge in [0, 0.05) is 43.1 Å².